The highest BCUT2D eigenvalue weighted by atomic mass is 16.5. The van der Waals surface area contributed by atoms with Crippen LogP contribution in [-0.4, -0.2) is 32.4 Å². The van der Waals surface area contributed by atoms with E-state index in [9.17, 15) is 0 Å². The zero-order chi connectivity index (χ0) is 16.5. The Kier molecular flexibility index (Phi) is 6.21. The number of aromatic nitrogens is 1. The third-order valence-corrected chi connectivity index (χ3v) is 3.07. The number of hydrogen-bond donors (Lipinski definition) is 1. The molecule has 1 aromatic heterocycles. The molecule has 1 aromatic carbocycles. The highest BCUT2D eigenvalue weighted by molar-refractivity contribution is 5.67. The van der Waals surface area contributed by atoms with E-state index in [1.807, 2.05) is 36.4 Å². The maximum Gasteiger partial charge on any atom is 0.232 e. The van der Waals surface area contributed by atoms with E-state index >= 15 is 0 Å². The Morgan fingerprint density at radius 3 is 2.96 bits per heavy atom. The van der Waals surface area contributed by atoms with Crippen molar-refractivity contribution in [1.29, 1.82) is 5.26 Å². The van der Waals surface area contributed by atoms with Crippen LogP contribution in [0.4, 0.5) is 5.88 Å². The van der Waals surface area contributed by atoms with Crippen LogP contribution in [0.5, 0.6) is 5.75 Å². The third kappa shape index (κ3) is 4.87. The zero-order valence-corrected chi connectivity index (χ0v) is 13.2. The maximum absolute atomic E-state index is 9.11. The van der Waals surface area contributed by atoms with Crippen molar-refractivity contribution in [1.82, 2.24) is 4.98 Å². The Bertz CT molecular complexity index is 701. The fourth-order valence-corrected chi connectivity index (χ4v) is 1.93. The van der Waals surface area contributed by atoms with Gasteiger partial charge in [-0.25, -0.2) is 0 Å². The molecular formula is C17H19N3O3. The quantitative estimate of drug-likeness (QED) is 0.754. The van der Waals surface area contributed by atoms with Crippen molar-refractivity contribution >= 4 is 18.0 Å². The summed E-state index contributed by atoms with van der Waals surface area (Å²) in [4.78, 5) is 4.15. The number of anilines is 1. The zero-order valence-electron chi connectivity index (χ0n) is 13.2. The molecule has 0 fully saturated rings. The molecule has 23 heavy (non-hydrogen) atoms. The molecule has 2 rings (SSSR count). The molecular weight excluding hydrogens is 294 g/mol. The number of rotatable bonds is 8. The first-order chi connectivity index (χ1) is 11.3. The van der Waals surface area contributed by atoms with Gasteiger partial charge in [0.25, 0.3) is 0 Å². The molecule has 0 bridgehead atoms. The highest BCUT2D eigenvalue weighted by Crippen LogP contribution is 2.19. The molecule has 0 aliphatic rings. The second kappa shape index (κ2) is 8.61. The highest BCUT2D eigenvalue weighted by Gasteiger charge is 2.10. The molecule has 0 unspecified atom stereocenters. The lowest BCUT2D eigenvalue weighted by atomic mass is 10.2. The van der Waals surface area contributed by atoms with E-state index in [2.05, 4.69) is 10.3 Å². The van der Waals surface area contributed by atoms with E-state index < -0.39 is 0 Å². The molecule has 6 heteroatoms. The average molecular weight is 313 g/mol. The van der Waals surface area contributed by atoms with Gasteiger partial charge in [-0.05, 0) is 30.2 Å². The van der Waals surface area contributed by atoms with Crippen LogP contribution in [0, 0.1) is 11.3 Å². The molecule has 0 aliphatic carbocycles. The van der Waals surface area contributed by atoms with Crippen LogP contribution < -0.4 is 10.1 Å². The lowest BCUT2D eigenvalue weighted by Crippen LogP contribution is -2.04. The number of benzene rings is 1. The largest absolute Gasteiger partial charge is 0.497 e. The van der Waals surface area contributed by atoms with Crippen molar-refractivity contribution < 1.29 is 13.9 Å². The van der Waals surface area contributed by atoms with Crippen LogP contribution in [-0.2, 0) is 4.74 Å². The van der Waals surface area contributed by atoms with Crippen LogP contribution >= 0.6 is 0 Å². The van der Waals surface area contributed by atoms with E-state index in [0.717, 1.165) is 17.7 Å². The number of nitriles is 1. The summed E-state index contributed by atoms with van der Waals surface area (Å²) in [6.07, 6.45) is 4.39. The number of nitrogens with one attached hydrogen (secondary N) is 1. The number of ether oxygens (including phenoxy) is 2. The van der Waals surface area contributed by atoms with Gasteiger partial charge >= 0.3 is 0 Å². The van der Waals surface area contributed by atoms with Crippen molar-refractivity contribution in [2.75, 3.05) is 32.7 Å². The molecule has 0 saturated heterocycles. The van der Waals surface area contributed by atoms with Crippen LogP contribution in [0.2, 0.25) is 0 Å². The van der Waals surface area contributed by atoms with Gasteiger partial charge < -0.3 is 19.2 Å². The first kappa shape index (κ1) is 16.6. The summed E-state index contributed by atoms with van der Waals surface area (Å²) in [6, 6.07) is 9.63. The topological polar surface area (TPSA) is 80.3 Å². The molecule has 0 radical (unpaired) electrons. The van der Waals surface area contributed by atoms with E-state index in [1.54, 1.807) is 20.3 Å². The summed E-state index contributed by atoms with van der Waals surface area (Å²) in [7, 11) is 3.27. The SMILES string of the molecule is COCCCNc1oc(/C=C/c2cccc(OC)c2)nc1C#N. The van der Waals surface area contributed by atoms with Gasteiger partial charge in [-0.1, -0.05) is 12.1 Å². The Labute approximate surface area is 135 Å². The fourth-order valence-electron chi connectivity index (χ4n) is 1.93. The van der Waals surface area contributed by atoms with Gasteiger partial charge in [0.05, 0.1) is 7.11 Å². The summed E-state index contributed by atoms with van der Waals surface area (Å²) in [5, 5.41) is 12.2. The van der Waals surface area contributed by atoms with Gasteiger partial charge in [-0.2, -0.15) is 10.2 Å². The first-order valence-corrected chi connectivity index (χ1v) is 7.22. The lowest BCUT2D eigenvalue weighted by Gasteiger charge is -2.01. The monoisotopic (exact) mass is 313 g/mol. The van der Waals surface area contributed by atoms with Crippen LogP contribution in [0.15, 0.2) is 28.7 Å². The van der Waals surface area contributed by atoms with Crippen LogP contribution in [0.1, 0.15) is 23.6 Å². The Hall–Kier alpha value is -2.78. The number of nitrogens with zero attached hydrogens (tertiary/aromatic N) is 2. The fraction of sp³-hybridized carbons (Fsp3) is 0.294. The normalized spacial score (nSPS) is 10.7. The lowest BCUT2D eigenvalue weighted by molar-refractivity contribution is 0.197. The van der Waals surface area contributed by atoms with Crippen molar-refractivity contribution in [3.63, 3.8) is 0 Å². The maximum atomic E-state index is 9.11. The third-order valence-electron chi connectivity index (χ3n) is 3.07. The van der Waals surface area contributed by atoms with Crippen molar-refractivity contribution in [3.05, 3.63) is 41.4 Å². The van der Waals surface area contributed by atoms with E-state index in [1.165, 1.54) is 0 Å². The van der Waals surface area contributed by atoms with Crippen molar-refractivity contribution in [2.24, 2.45) is 0 Å². The van der Waals surface area contributed by atoms with Crippen LogP contribution in [0.3, 0.4) is 0 Å². The molecule has 6 nitrogen and oxygen atoms in total. The van der Waals surface area contributed by atoms with Gasteiger partial charge in [0, 0.05) is 26.3 Å². The van der Waals surface area contributed by atoms with Gasteiger partial charge in [-0.15, -0.1) is 0 Å². The predicted molar refractivity (Wildman–Crippen MR) is 88.1 cm³/mol. The molecule has 0 spiro atoms. The van der Waals surface area contributed by atoms with Gasteiger partial charge in [-0.3, -0.25) is 0 Å². The minimum atomic E-state index is 0.243. The van der Waals surface area contributed by atoms with E-state index in [4.69, 9.17) is 19.2 Å². The second-order valence-electron chi connectivity index (χ2n) is 4.72. The number of oxazole rings is 1. The minimum Gasteiger partial charge on any atom is -0.497 e. The summed E-state index contributed by atoms with van der Waals surface area (Å²) in [6.45, 7) is 1.29. The minimum absolute atomic E-state index is 0.243. The smallest absolute Gasteiger partial charge is 0.232 e. The van der Waals surface area contributed by atoms with Gasteiger partial charge in [0.2, 0.25) is 17.5 Å². The summed E-state index contributed by atoms with van der Waals surface area (Å²) >= 11 is 0. The molecule has 2 aromatic rings. The summed E-state index contributed by atoms with van der Waals surface area (Å²) in [5.41, 5.74) is 1.20. The second-order valence-corrected chi connectivity index (χ2v) is 4.72. The Morgan fingerprint density at radius 2 is 2.22 bits per heavy atom. The van der Waals surface area contributed by atoms with Gasteiger partial charge in [0.1, 0.15) is 11.8 Å². The first-order valence-electron chi connectivity index (χ1n) is 7.22. The Morgan fingerprint density at radius 1 is 1.35 bits per heavy atom. The molecule has 120 valence electrons. The molecule has 1 N–H and O–H groups in total. The number of methoxy groups -OCH3 is 2. The predicted octanol–water partition coefficient (Wildman–Crippen LogP) is 3.17. The van der Waals surface area contributed by atoms with E-state index in [-0.39, 0.29) is 5.69 Å². The number of hydrogen-bond acceptors (Lipinski definition) is 6. The van der Waals surface area contributed by atoms with Crippen molar-refractivity contribution in [3.8, 4) is 11.8 Å². The van der Waals surface area contributed by atoms with Crippen molar-refractivity contribution in [2.45, 2.75) is 6.42 Å². The van der Waals surface area contributed by atoms with Gasteiger partial charge in [0.15, 0.2) is 0 Å². The summed E-state index contributed by atoms with van der Waals surface area (Å²) < 4.78 is 15.7. The molecule has 0 saturated carbocycles. The summed E-state index contributed by atoms with van der Waals surface area (Å²) in [5.74, 6) is 1.53. The van der Waals surface area contributed by atoms with Crippen LogP contribution in [0.25, 0.3) is 12.2 Å². The standard InChI is InChI=1S/C17H19N3O3/c1-21-10-4-9-19-17-15(12-18)20-16(23-17)8-7-13-5-3-6-14(11-13)22-2/h3,5-8,11,19H,4,9-10H2,1-2H3/b8-7+. The van der Waals surface area contributed by atoms with E-state index in [0.29, 0.717) is 24.9 Å². The average Bonchev–Trinajstić information content (AvgIpc) is 2.99. The molecule has 0 amide bonds. The molecule has 0 aliphatic heterocycles. The molecule has 1 heterocycles. The molecule has 0 atom stereocenters. The Balaban J connectivity index is 2.06.